The molecule has 0 atom stereocenters. The molecule has 0 saturated carbocycles. The highest BCUT2D eigenvalue weighted by molar-refractivity contribution is 6.35. The van der Waals surface area contributed by atoms with Crippen molar-refractivity contribution in [1.82, 2.24) is 14.5 Å². The van der Waals surface area contributed by atoms with E-state index >= 15 is 0 Å². The van der Waals surface area contributed by atoms with Crippen LogP contribution in [0.1, 0.15) is 37.4 Å². The third kappa shape index (κ3) is 3.11. The first-order valence-corrected chi connectivity index (χ1v) is 8.97. The summed E-state index contributed by atoms with van der Waals surface area (Å²) < 4.78 is 1.77. The van der Waals surface area contributed by atoms with Gasteiger partial charge in [0.25, 0.3) is 5.56 Å². The molecule has 3 heterocycles. The van der Waals surface area contributed by atoms with E-state index in [2.05, 4.69) is 30.7 Å². The number of hydrogen-bond donors (Lipinski definition) is 0. The molecule has 0 N–H and O–H groups in total. The first kappa shape index (κ1) is 16.8. The maximum atomic E-state index is 13.0. The Morgan fingerprint density at radius 1 is 1.23 bits per heavy atom. The van der Waals surface area contributed by atoms with Gasteiger partial charge in [0.05, 0.1) is 15.9 Å². The van der Waals surface area contributed by atoms with Crippen molar-refractivity contribution in [3.05, 3.63) is 69.0 Å². The first-order valence-electron chi connectivity index (χ1n) is 8.59. The zero-order valence-electron chi connectivity index (χ0n) is 14.7. The normalized spacial score (nSPS) is 15.2. The predicted octanol–water partition coefficient (Wildman–Crippen LogP) is 3.82. The van der Waals surface area contributed by atoms with Crippen molar-refractivity contribution < 1.29 is 0 Å². The lowest BCUT2D eigenvalue weighted by molar-refractivity contribution is 0.240. The fraction of sp³-hybridized carbons (Fsp3) is 0.286. The number of halogens is 1. The summed E-state index contributed by atoms with van der Waals surface area (Å²) in [4.78, 5) is 21.9. The monoisotopic (exact) mass is 363 g/mol. The van der Waals surface area contributed by atoms with E-state index in [4.69, 9.17) is 16.6 Å². The Bertz CT molecular complexity index is 1120. The van der Waals surface area contributed by atoms with Crippen molar-refractivity contribution in [2.75, 3.05) is 0 Å². The van der Waals surface area contributed by atoms with Gasteiger partial charge in [0, 0.05) is 24.7 Å². The Morgan fingerprint density at radius 2 is 2.08 bits per heavy atom. The molecule has 0 spiro atoms. The number of aromatic nitrogens is 3. The van der Waals surface area contributed by atoms with Crippen LogP contribution in [-0.4, -0.2) is 14.5 Å². The molecule has 3 aromatic rings. The lowest BCUT2D eigenvalue weighted by atomic mass is 9.85. The molecular weight excluding hydrogens is 346 g/mol. The van der Waals surface area contributed by atoms with E-state index in [1.165, 1.54) is 0 Å². The molecule has 0 saturated heterocycles. The Hall–Kier alpha value is -2.64. The van der Waals surface area contributed by atoms with Crippen LogP contribution in [0.3, 0.4) is 0 Å². The second kappa shape index (κ2) is 6.26. The van der Waals surface area contributed by atoms with Crippen LogP contribution in [0.25, 0.3) is 10.9 Å². The summed E-state index contributed by atoms with van der Waals surface area (Å²) in [5.74, 6) is 6.90. The van der Waals surface area contributed by atoms with Gasteiger partial charge in [0.15, 0.2) is 0 Å². The molecular formula is C21H18ClN3O. The highest BCUT2D eigenvalue weighted by Gasteiger charge is 2.27. The Kier molecular flexibility index (Phi) is 4.05. The molecule has 0 radical (unpaired) electrons. The number of pyridine rings is 1. The molecule has 26 heavy (non-hydrogen) atoms. The van der Waals surface area contributed by atoms with Gasteiger partial charge in [-0.1, -0.05) is 37.4 Å². The van der Waals surface area contributed by atoms with Gasteiger partial charge in [-0.05, 0) is 42.0 Å². The van der Waals surface area contributed by atoms with Crippen LogP contribution in [0.4, 0.5) is 0 Å². The maximum Gasteiger partial charge on any atom is 0.262 e. The highest BCUT2D eigenvalue weighted by atomic mass is 35.5. The van der Waals surface area contributed by atoms with Crippen LogP contribution in [-0.2, 0) is 13.0 Å². The standard InChI is InChI=1S/C21H18ClN3O/c1-21(2)9-8-18-24-17-12-14(6-7-15-5-3-4-10-23-15)11-16(22)19(17)20(26)25(18)13-21/h3-5,10-12H,8-9,13H2,1-2H3. The average Bonchev–Trinajstić information content (AvgIpc) is 2.61. The number of hydrogen-bond acceptors (Lipinski definition) is 3. The average molecular weight is 364 g/mol. The van der Waals surface area contributed by atoms with Crippen molar-refractivity contribution in [3.8, 4) is 11.8 Å². The summed E-state index contributed by atoms with van der Waals surface area (Å²) in [6.45, 7) is 5.01. The van der Waals surface area contributed by atoms with Crippen LogP contribution >= 0.6 is 11.6 Å². The molecule has 0 aliphatic carbocycles. The summed E-state index contributed by atoms with van der Waals surface area (Å²) in [6.07, 6.45) is 3.51. The lowest BCUT2D eigenvalue weighted by Gasteiger charge is -2.31. The Labute approximate surface area is 156 Å². The van der Waals surface area contributed by atoms with Crippen molar-refractivity contribution in [2.45, 2.75) is 33.2 Å². The maximum absolute atomic E-state index is 13.0. The van der Waals surface area contributed by atoms with E-state index in [0.29, 0.717) is 28.2 Å². The largest absolute Gasteiger partial charge is 0.296 e. The minimum absolute atomic E-state index is 0.0630. The SMILES string of the molecule is CC1(C)CCc2nc3cc(C#Cc4ccccn4)cc(Cl)c3c(=O)n2C1. The number of fused-ring (bicyclic) bond motifs is 2. The molecule has 4 rings (SSSR count). The summed E-state index contributed by atoms with van der Waals surface area (Å²) in [7, 11) is 0. The number of benzene rings is 1. The first-order chi connectivity index (χ1) is 12.4. The van der Waals surface area contributed by atoms with E-state index in [1.54, 1.807) is 16.8 Å². The molecule has 0 bridgehead atoms. The molecule has 130 valence electrons. The lowest BCUT2D eigenvalue weighted by Crippen LogP contribution is -2.36. The molecule has 0 unspecified atom stereocenters. The number of nitrogens with zero attached hydrogens (tertiary/aromatic N) is 3. The molecule has 4 nitrogen and oxygen atoms in total. The van der Waals surface area contributed by atoms with Crippen LogP contribution in [0.5, 0.6) is 0 Å². The van der Waals surface area contributed by atoms with Gasteiger partial charge in [-0.25, -0.2) is 9.97 Å². The van der Waals surface area contributed by atoms with Crippen molar-refractivity contribution in [2.24, 2.45) is 5.41 Å². The molecule has 1 aliphatic heterocycles. The fourth-order valence-electron chi connectivity index (χ4n) is 3.30. The summed E-state index contributed by atoms with van der Waals surface area (Å²) in [5.41, 5.74) is 2.04. The Balaban J connectivity index is 1.84. The van der Waals surface area contributed by atoms with E-state index in [0.717, 1.165) is 24.2 Å². The van der Waals surface area contributed by atoms with E-state index in [1.807, 2.05) is 24.3 Å². The summed E-state index contributed by atoms with van der Waals surface area (Å²) in [6, 6.07) is 9.14. The summed E-state index contributed by atoms with van der Waals surface area (Å²) in [5, 5.41) is 0.862. The molecule has 0 amide bonds. The zero-order chi connectivity index (χ0) is 18.3. The van der Waals surface area contributed by atoms with Crippen LogP contribution in [0.15, 0.2) is 41.3 Å². The van der Waals surface area contributed by atoms with Gasteiger partial charge in [0.2, 0.25) is 0 Å². The van der Waals surface area contributed by atoms with Crippen LogP contribution < -0.4 is 5.56 Å². The van der Waals surface area contributed by atoms with Crippen molar-refractivity contribution in [3.63, 3.8) is 0 Å². The van der Waals surface area contributed by atoms with Gasteiger partial charge < -0.3 is 0 Å². The van der Waals surface area contributed by atoms with Crippen LogP contribution in [0, 0.1) is 17.3 Å². The fourth-order valence-corrected chi connectivity index (χ4v) is 3.60. The van der Waals surface area contributed by atoms with Gasteiger partial charge >= 0.3 is 0 Å². The number of rotatable bonds is 0. The minimum Gasteiger partial charge on any atom is -0.296 e. The Morgan fingerprint density at radius 3 is 2.85 bits per heavy atom. The van der Waals surface area contributed by atoms with Crippen molar-refractivity contribution in [1.29, 1.82) is 0 Å². The highest BCUT2D eigenvalue weighted by Crippen LogP contribution is 2.30. The van der Waals surface area contributed by atoms with Gasteiger partial charge in [0.1, 0.15) is 11.5 Å². The van der Waals surface area contributed by atoms with E-state index in [9.17, 15) is 4.79 Å². The van der Waals surface area contributed by atoms with Crippen molar-refractivity contribution >= 4 is 22.5 Å². The van der Waals surface area contributed by atoms with Gasteiger partial charge in [-0.2, -0.15) is 0 Å². The molecule has 0 fully saturated rings. The smallest absolute Gasteiger partial charge is 0.262 e. The quantitative estimate of drug-likeness (QED) is 0.570. The second-order valence-electron chi connectivity index (χ2n) is 7.40. The van der Waals surface area contributed by atoms with E-state index in [-0.39, 0.29) is 11.0 Å². The number of aryl methyl sites for hydroxylation is 1. The van der Waals surface area contributed by atoms with E-state index < -0.39 is 0 Å². The molecule has 1 aromatic carbocycles. The van der Waals surface area contributed by atoms with Gasteiger partial charge in [-0.15, -0.1) is 0 Å². The van der Waals surface area contributed by atoms with Gasteiger partial charge in [-0.3, -0.25) is 9.36 Å². The predicted molar refractivity (Wildman–Crippen MR) is 103 cm³/mol. The van der Waals surface area contributed by atoms with Crippen LogP contribution in [0.2, 0.25) is 5.02 Å². The molecule has 2 aromatic heterocycles. The second-order valence-corrected chi connectivity index (χ2v) is 7.81. The third-order valence-electron chi connectivity index (χ3n) is 4.70. The summed E-state index contributed by atoms with van der Waals surface area (Å²) >= 11 is 6.43. The molecule has 1 aliphatic rings. The molecule has 5 heteroatoms. The zero-order valence-corrected chi connectivity index (χ0v) is 15.5. The minimum atomic E-state index is -0.0630. The third-order valence-corrected chi connectivity index (χ3v) is 5.00. The topological polar surface area (TPSA) is 47.8 Å².